The molecule has 0 amide bonds. The Morgan fingerprint density at radius 3 is 1.72 bits per heavy atom. The van der Waals surface area contributed by atoms with Crippen molar-refractivity contribution in [1.29, 1.82) is 0 Å². The number of allylic oxidation sites excluding steroid dienone is 4. The van der Waals surface area contributed by atoms with Crippen LogP contribution in [0.25, 0.3) is 0 Å². The van der Waals surface area contributed by atoms with E-state index in [1.54, 1.807) is 11.1 Å². The Bertz CT molecular complexity index is 458. The van der Waals surface area contributed by atoms with Crippen molar-refractivity contribution in [3.8, 4) is 11.5 Å². The first-order valence-corrected chi connectivity index (χ1v) is 13.6. The van der Waals surface area contributed by atoms with E-state index in [0.29, 0.717) is 0 Å². The molecule has 0 aromatic heterocycles. The van der Waals surface area contributed by atoms with Gasteiger partial charge in [-0.25, -0.2) is 0 Å². The van der Waals surface area contributed by atoms with Crippen molar-refractivity contribution < 1.29 is 0 Å². The van der Waals surface area contributed by atoms with Crippen molar-refractivity contribution >= 4 is 8.07 Å². The zero-order valence-corrected chi connectivity index (χ0v) is 19.4. The van der Waals surface area contributed by atoms with Gasteiger partial charge in [-0.05, 0) is 55.0 Å². The highest BCUT2D eigenvalue weighted by molar-refractivity contribution is 6.87. The molecular formula is C24H44Si. The smallest absolute Gasteiger partial charge is 0.126 e. The second-order valence-corrected chi connectivity index (χ2v) is 12.2. The van der Waals surface area contributed by atoms with E-state index >= 15 is 0 Å². The van der Waals surface area contributed by atoms with E-state index in [1.807, 2.05) is 0 Å². The van der Waals surface area contributed by atoms with Gasteiger partial charge in [0.05, 0.1) is 0 Å². The molecule has 0 heterocycles. The van der Waals surface area contributed by atoms with Crippen LogP contribution in [0.2, 0.25) is 18.1 Å². The van der Waals surface area contributed by atoms with Crippen molar-refractivity contribution in [1.82, 2.24) is 0 Å². The lowest BCUT2D eigenvalue weighted by Gasteiger charge is -2.21. The highest BCUT2D eigenvalue weighted by Gasteiger charge is 2.24. The summed E-state index contributed by atoms with van der Waals surface area (Å²) in [6.45, 7) is 16.3. The van der Waals surface area contributed by atoms with Gasteiger partial charge in [0.2, 0.25) is 0 Å². The molecule has 1 heteroatoms. The van der Waals surface area contributed by atoms with Crippen LogP contribution in [0.3, 0.4) is 0 Å². The van der Waals surface area contributed by atoms with Crippen molar-refractivity contribution in [3.05, 3.63) is 22.8 Å². The summed E-state index contributed by atoms with van der Waals surface area (Å²) in [5, 5.41) is 0. The summed E-state index contributed by atoms with van der Waals surface area (Å²) >= 11 is 0. The molecule has 0 spiro atoms. The van der Waals surface area contributed by atoms with Crippen LogP contribution >= 0.6 is 0 Å². The molecule has 0 aromatic carbocycles. The van der Waals surface area contributed by atoms with Crippen LogP contribution in [-0.2, 0) is 0 Å². The van der Waals surface area contributed by atoms with Gasteiger partial charge in [-0.3, -0.25) is 0 Å². The van der Waals surface area contributed by atoms with E-state index in [4.69, 9.17) is 0 Å². The van der Waals surface area contributed by atoms with Crippen LogP contribution in [0.15, 0.2) is 22.8 Å². The topological polar surface area (TPSA) is 0 Å². The summed E-state index contributed by atoms with van der Waals surface area (Å²) in [5.41, 5.74) is 8.52. The first-order chi connectivity index (χ1) is 12.1. The molecule has 0 aliphatic rings. The van der Waals surface area contributed by atoms with Crippen molar-refractivity contribution in [2.24, 2.45) is 0 Å². The number of hydrogen-bond donors (Lipinski definition) is 0. The van der Waals surface area contributed by atoms with Crippen LogP contribution in [0.5, 0.6) is 0 Å². The van der Waals surface area contributed by atoms with Crippen molar-refractivity contribution in [3.63, 3.8) is 0 Å². The number of unbranched alkanes of at least 4 members (excludes halogenated alkanes) is 1. The van der Waals surface area contributed by atoms with Crippen LogP contribution in [0.4, 0.5) is 0 Å². The Balaban J connectivity index is 6.10. The maximum atomic E-state index is 3.86. The van der Waals surface area contributed by atoms with Gasteiger partial charge in [-0.15, -0.1) is 5.54 Å². The summed E-state index contributed by atoms with van der Waals surface area (Å²) in [6, 6.07) is 3.88. The van der Waals surface area contributed by atoms with E-state index < -0.39 is 8.07 Å². The fourth-order valence-corrected chi connectivity index (χ4v) is 5.93. The highest BCUT2D eigenvalue weighted by atomic mass is 28.3. The van der Waals surface area contributed by atoms with Crippen molar-refractivity contribution in [2.75, 3.05) is 0 Å². The van der Waals surface area contributed by atoms with Crippen LogP contribution in [-0.4, -0.2) is 8.07 Å². The summed E-state index contributed by atoms with van der Waals surface area (Å²) in [4.78, 5) is 0. The molecule has 0 aromatic rings. The van der Waals surface area contributed by atoms with Crippen LogP contribution < -0.4 is 0 Å². The Kier molecular flexibility index (Phi) is 14.0. The molecular weight excluding hydrogens is 316 g/mol. The van der Waals surface area contributed by atoms with Gasteiger partial charge in [0.1, 0.15) is 8.07 Å². The molecule has 0 nitrogen and oxygen atoms in total. The molecule has 0 bridgehead atoms. The molecule has 0 unspecified atom stereocenters. The molecule has 144 valence electrons. The summed E-state index contributed by atoms with van der Waals surface area (Å²) in [7, 11) is -1.37. The van der Waals surface area contributed by atoms with Gasteiger partial charge in [-0.2, -0.15) is 0 Å². The molecule has 0 fully saturated rings. The Hall–Kier alpha value is -0.743. The molecule has 25 heavy (non-hydrogen) atoms. The number of rotatable bonds is 12. The van der Waals surface area contributed by atoms with Crippen LogP contribution in [0.1, 0.15) is 99.8 Å². The predicted octanol–water partition coefficient (Wildman–Crippen LogP) is 8.46. The molecule has 0 aliphatic heterocycles. The van der Waals surface area contributed by atoms with Gasteiger partial charge in [0.15, 0.2) is 0 Å². The van der Waals surface area contributed by atoms with Gasteiger partial charge < -0.3 is 0 Å². The van der Waals surface area contributed by atoms with Crippen LogP contribution in [0, 0.1) is 11.5 Å². The third-order valence-corrected chi connectivity index (χ3v) is 10.2. The van der Waals surface area contributed by atoms with E-state index in [0.717, 1.165) is 6.42 Å². The highest BCUT2D eigenvalue weighted by Crippen LogP contribution is 2.28. The minimum absolute atomic E-state index is 1.15. The lowest BCUT2D eigenvalue weighted by molar-refractivity contribution is 0.815. The van der Waals surface area contributed by atoms with Gasteiger partial charge in [-0.1, -0.05) is 86.1 Å². The average Bonchev–Trinajstić information content (AvgIpc) is 2.64. The molecule has 0 radical (unpaired) electrons. The lowest BCUT2D eigenvalue weighted by Crippen LogP contribution is -2.29. The Labute approximate surface area is 160 Å². The molecule has 0 saturated heterocycles. The minimum Gasteiger partial charge on any atom is -0.126 e. The normalized spacial score (nSPS) is 13.3. The minimum atomic E-state index is -1.37. The number of hydrogen-bond acceptors (Lipinski definition) is 0. The summed E-state index contributed by atoms with van der Waals surface area (Å²) in [5.74, 6) is 3.77. The zero-order valence-electron chi connectivity index (χ0n) is 18.4. The quantitative estimate of drug-likeness (QED) is 0.186. The Morgan fingerprint density at radius 1 is 0.720 bits per heavy atom. The average molecular weight is 361 g/mol. The third kappa shape index (κ3) is 8.45. The third-order valence-electron chi connectivity index (χ3n) is 5.46. The van der Waals surface area contributed by atoms with Crippen molar-refractivity contribution in [2.45, 2.75) is 118 Å². The largest absolute Gasteiger partial charge is 0.138 e. The molecule has 0 atom stereocenters. The maximum Gasteiger partial charge on any atom is 0.138 e. The second kappa shape index (κ2) is 14.4. The molecule has 0 rings (SSSR count). The van der Waals surface area contributed by atoms with E-state index in [9.17, 15) is 0 Å². The summed E-state index contributed by atoms with van der Waals surface area (Å²) < 4.78 is 0. The monoisotopic (exact) mass is 360 g/mol. The SMILES string of the molecule is CCC/C=C(CCC)/C(CCC)=C(/C#C[Si](CC)(CC)CC)CCC. The van der Waals surface area contributed by atoms with E-state index in [1.165, 1.54) is 68.7 Å². The summed E-state index contributed by atoms with van der Waals surface area (Å²) in [6.07, 6.45) is 12.1. The van der Waals surface area contributed by atoms with Gasteiger partial charge >= 0.3 is 0 Å². The zero-order chi connectivity index (χ0) is 19.1. The van der Waals surface area contributed by atoms with E-state index in [-0.39, 0.29) is 0 Å². The standard InChI is InChI=1S/C24H44Si/c1-8-15-19-22(16-9-2)24(18-11-4)23(17-10-3)20-21-25(12-5,13-6)14-7/h19H,8-18H2,1-7H3/b22-19+,24-23+. The first-order valence-electron chi connectivity index (χ1n) is 11.0. The van der Waals surface area contributed by atoms with Gasteiger partial charge in [0.25, 0.3) is 0 Å². The Morgan fingerprint density at radius 2 is 1.28 bits per heavy atom. The van der Waals surface area contributed by atoms with E-state index in [2.05, 4.69) is 66.0 Å². The molecule has 0 N–H and O–H groups in total. The molecule has 0 saturated carbocycles. The first kappa shape index (κ1) is 24.3. The van der Waals surface area contributed by atoms with Gasteiger partial charge in [0, 0.05) is 5.57 Å². The second-order valence-electron chi connectivity index (χ2n) is 7.32. The molecule has 0 aliphatic carbocycles. The fourth-order valence-electron chi connectivity index (χ4n) is 3.48. The maximum absolute atomic E-state index is 3.86. The lowest BCUT2D eigenvalue weighted by atomic mass is 9.90. The fraction of sp³-hybridized carbons (Fsp3) is 0.750. The predicted molar refractivity (Wildman–Crippen MR) is 120 cm³/mol.